The van der Waals surface area contributed by atoms with Crippen molar-refractivity contribution in [2.75, 3.05) is 62.7 Å². The van der Waals surface area contributed by atoms with E-state index in [1.807, 2.05) is 86.6 Å². The molecular weight excluding hydrogens is 1200 g/mol. The number of ether oxygens (including phenoxy) is 8. The highest BCUT2D eigenvalue weighted by molar-refractivity contribution is 5.91. The third kappa shape index (κ3) is 21.4. The van der Waals surface area contributed by atoms with E-state index >= 15 is 0 Å². The first kappa shape index (κ1) is 72.7. The molecule has 0 atom stereocenters. The monoisotopic (exact) mass is 1280 g/mol. The summed E-state index contributed by atoms with van der Waals surface area (Å²) in [5.74, 6) is -4.36. The second-order valence-corrected chi connectivity index (χ2v) is 22.2. The normalized spacial score (nSPS) is 10.7. The number of anilines is 6. The van der Waals surface area contributed by atoms with Crippen LogP contribution in [0.4, 0.5) is 34.1 Å². The molecule has 0 aliphatic carbocycles. The summed E-state index contributed by atoms with van der Waals surface area (Å²) in [5, 5.41) is 0. The van der Waals surface area contributed by atoms with Gasteiger partial charge in [0.25, 0.3) is 0 Å². The van der Waals surface area contributed by atoms with E-state index in [0.29, 0.717) is 25.7 Å². The number of benzene rings is 6. The molecule has 0 aliphatic rings. The Morgan fingerprint density at radius 3 is 0.862 bits per heavy atom. The zero-order chi connectivity index (χ0) is 68.4. The second kappa shape index (κ2) is 36.0. The standard InChI is InChI=1S/C76H84N2O16/c1-13-87-73(83)53(9)45-91-69(79)37-21-57-17-29-63(30-18-57)77(65-33-23-59(49(5)43-65)27-39-71(81)93-47-55(11)75(85)89-15-3)67-35-25-61(41-51(67)7)62-26-36-68(52(8)42-62)78(64-31-19-58(20-32-64)22-38-70(80)92-46-54(10)74(84)88-14-2)66-34-24-60(50(6)44-66)28-40-72(82)94-48-56(12)76(86)90-16-4/h17-20,23-26,29-36,41-44H,9-16,21-22,27-28,37-40,45-48H2,1-8H3. The molecule has 0 aromatic heterocycles. The SMILES string of the molecule is C=C(COC(=O)CCc1ccc(N(c2ccc(CCC(=O)OCC(=C)C(=O)OCC)c(C)c2)c2ccc(-c3ccc(N(c4ccc(CCC(=O)OCC(=C)C(=O)OCC)cc4)c4ccc(CCC(=O)OCC(=C)C(=O)OCC)c(C)c4)c(C)c3)cc2C)cc1)C(=O)OCC. The fourth-order valence-corrected chi connectivity index (χ4v) is 9.94. The van der Waals surface area contributed by atoms with Crippen LogP contribution in [0, 0.1) is 27.7 Å². The fourth-order valence-electron chi connectivity index (χ4n) is 9.94. The fraction of sp³-hybridized carbons (Fsp3) is 0.316. The lowest BCUT2D eigenvalue weighted by Crippen LogP contribution is -2.15. The Labute approximate surface area is 550 Å². The van der Waals surface area contributed by atoms with Gasteiger partial charge in [-0.25, -0.2) is 19.2 Å². The first-order valence-electron chi connectivity index (χ1n) is 31.2. The molecule has 6 aromatic rings. The molecule has 0 radical (unpaired) electrons. The minimum Gasteiger partial charge on any atom is -0.463 e. The summed E-state index contributed by atoms with van der Waals surface area (Å²) in [4.78, 5) is 103. The van der Waals surface area contributed by atoms with Gasteiger partial charge in [-0.05, 0) is 210 Å². The topological polar surface area (TPSA) is 217 Å². The summed E-state index contributed by atoms with van der Waals surface area (Å²) in [6.07, 6.45) is 1.89. The Kier molecular flexibility index (Phi) is 27.9. The quantitative estimate of drug-likeness (QED) is 0.0205. The Balaban J connectivity index is 1.29. The molecule has 494 valence electrons. The van der Waals surface area contributed by atoms with Crippen molar-refractivity contribution in [3.63, 3.8) is 0 Å². The summed E-state index contributed by atoms with van der Waals surface area (Å²) in [5.41, 5.74) is 14.8. The van der Waals surface area contributed by atoms with E-state index in [1.165, 1.54) is 0 Å². The van der Waals surface area contributed by atoms with Crippen molar-refractivity contribution in [2.45, 2.75) is 107 Å². The lowest BCUT2D eigenvalue weighted by atomic mass is 9.97. The smallest absolute Gasteiger partial charge is 0.336 e. The van der Waals surface area contributed by atoms with E-state index in [0.717, 1.165) is 89.8 Å². The maximum atomic E-state index is 12.8. The van der Waals surface area contributed by atoms with E-state index < -0.39 is 47.8 Å². The molecule has 6 rings (SSSR count). The van der Waals surface area contributed by atoms with Gasteiger partial charge in [0, 0.05) is 59.8 Å². The number of carbonyl (C=O) groups is 8. The molecule has 0 spiro atoms. The van der Waals surface area contributed by atoms with Crippen LogP contribution in [-0.2, 0) is 102 Å². The Morgan fingerprint density at radius 2 is 0.596 bits per heavy atom. The van der Waals surface area contributed by atoms with Crippen molar-refractivity contribution in [1.82, 2.24) is 0 Å². The van der Waals surface area contributed by atoms with Crippen molar-refractivity contribution in [2.24, 2.45) is 0 Å². The summed E-state index contributed by atoms with van der Waals surface area (Å²) in [7, 11) is 0. The molecule has 0 saturated heterocycles. The number of nitrogens with zero attached hydrogens (tertiary/aromatic N) is 2. The van der Waals surface area contributed by atoms with Crippen LogP contribution in [0.5, 0.6) is 0 Å². The predicted octanol–water partition coefficient (Wildman–Crippen LogP) is 13.9. The van der Waals surface area contributed by atoms with E-state index in [-0.39, 0.29) is 101 Å². The highest BCUT2D eigenvalue weighted by Gasteiger charge is 2.22. The molecule has 0 fully saturated rings. The number of carbonyl (C=O) groups excluding carboxylic acids is 8. The Morgan fingerprint density at radius 1 is 0.319 bits per heavy atom. The molecule has 18 nitrogen and oxygen atoms in total. The van der Waals surface area contributed by atoms with Crippen LogP contribution in [0.2, 0.25) is 0 Å². The minimum atomic E-state index is -0.614. The number of hydrogen-bond donors (Lipinski definition) is 0. The van der Waals surface area contributed by atoms with Crippen LogP contribution in [0.1, 0.15) is 97.9 Å². The Hall–Kier alpha value is -10.4. The van der Waals surface area contributed by atoms with E-state index in [2.05, 4.69) is 98.5 Å². The molecule has 94 heavy (non-hydrogen) atoms. The molecule has 0 heterocycles. The number of aryl methyl sites for hydroxylation is 8. The van der Waals surface area contributed by atoms with Gasteiger partial charge in [-0.1, -0.05) is 74.8 Å². The Bertz CT molecular complexity index is 3520. The van der Waals surface area contributed by atoms with Crippen LogP contribution in [-0.4, -0.2) is 101 Å². The summed E-state index contributed by atoms with van der Waals surface area (Å²) < 4.78 is 41.1. The van der Waals surface area contributed by atoms with Gasteiger partial charge in [0.15, 0.2) is 0 Å². The van der Waals surface area contributed by atoms with Crippen molar-refractivity contribution in [1.29, 1.82) is 0 Å². The van der Waals surface area contributed by atoms with Gasteiger partial charge < -0.3 is 47.7 Å². The maximum Gasteiger partial charge on any atom is 0.336 e. The third-order valence-electron chi connectivity index (χ3n) is 15.1. The number of rotatable bonds is 35. The lowest BCUT2D eigenvalue weighted by molar-refractivity contribution is -0.146. The first-order valence-corrected chi connectivity index (χ1v) is 31.2. The third-order valence-corrected chi connectivity index (χ3v) is 15.1. The van der Waals surface area contributed by atoms with Crippen LogP contribution < -0.4 is 9.80 Å². The summed E-state index contributed by atoms with van der Waals surface area (Å²) >= 11 is 0. The zero-order valence-electron chi connectivity index (χ0n) is 55.1. The van der Waals surface area contributed by atoms with Crippen molar-refractivity contribution in [3.05, 3.63) is 214 Å². The van der Waals surface area contributed by atoms with Gasteiger partial charge in [0.1, 0.15) is 26.4 Å². The molecule has 0 unspecified atom stereocenters. The van der Waals surface area contributed by atoms with Gasteiger partial charge in [0.2, 0.25) is 0 Å². The minimum absolute atomic E-state index is 0.0555. The van der Waals surface area contributed by atoms with E-state index in [4.69, 9.17) is 37.9 Å². The molecule has 0 bridgehead atoms. The lowest BCUT2D eigenvalue weighted by Gasteiger charge is -2.29. The highest BCUT2D eigenvalue weighted by Crippen LogP contribution is 2.42. The molecule has 0 aliphatic heterocycles. The number of hydrogen-bond acceptors (Lipinski definition) is 18. The van der Waals surface area contributed by atoms with Crippen LogP contribution >= 0.6 is 0 Å². The van der Waals surface area contributed by atoms with Gasteiger partial charge in [-0.2, -0.15) is 0 Å². The molecule has 0 N–H and O–H groups in total. The molecule has 0 saturated carbocycles. The highest BCUT2D eigenvalue weighted by atomic mass is 16.6. The molecule has 6 aromatic carbocycles. The largest absolute Gasteiger partial charge is 0.463 e. The van der Waals surface area contributed by atoms with E-state index in [1.54, 1.807) is 27.7 Å². The maximum absolute atomic E-state index is 12.8. The van der Waals surface area contributed by atoms with Crippen molar-refractivity contribution < 1.29 is 76.3 Å². The van der Waals surface area contributed by atoms with Gasteiger partial charge in [-0.15, -0.1) is 0 Å². The first-order chi connectivity index (χ1) is 45.0. The average Bonchev–Trinajstić information content (AvgIpc) is 0.792. The van der Waals surface area contributed by atoms with Crippen molar-refractivity contribution >= 4 is 81.9 Å². The predicted molar refractivity (Wildman–Crippen MR) is 360 cm³/mol. The van der Waals surface area contributed by atoms with Gasteiger partial charge >= 0.3 is 47.8 Å². The van der Waals surface area contributed by atoms with Gasteiger partial charge in [0.05, 0.1) is 48.7 Å². The molecule has 0 amide bonds. The van der Waals surface area contributed by atoms with Crippen LogP contribution in [0.25, 0.3) is 11.1 Å². The molecular formula is C76H84N2O16. The van der Waals surface area contributed by atoms with E-state index in [9.17, 15) is 38.4 Å². The van der Waals surface area contributed by atoms with Crippen LogP contribution in [0.3, 0.4) is 0 Å². The van der Waals surface area contributed by atoms with Crippen molar-refractivity contribution in [3.8, 4) is 11.1 Å². The zero-order valence-corrected chi connectivity index (χ0v) is 55.1. The molecule has 18 heteroatoms. The van der Waals surface area contributed by atoms with Crippen LogP contribution in [0.15, 0.2) is 170 Å². The van der Waals surface area contributed by atoms with Gasteiger partial charge in [-0.3, -0.25) is 19.2 Å². The summed E-state index contributed by atoms with van der Waals surface area (Å²) in [6, 6.07) is 40.6. The second-order valence-electron chi connectivity index (χ2n) is 22.2. The number of esters is 8. The average molecular weight is 1280 g/mol. The summed E-state index contributed by atoms with van der Waals surface area (Å²) in [6.45, 7) is 29.2.